The van der Waals surface area contributed by atoms with Crippen LogP contribution in [0.1, 0.15) is 27.0 Å². The highest BCUT2D eigenvalue weighted by molar-refractivity contribution is 14.1. The van der Waals surface area contributed by atoms with E-state index in [1.807, 2.05) is 18.2 Å². The molecule has 8 heteroatoms. The van der Waals surface area contributed by atoms with E-state index in [2.05, 4.69) is 51.3 Å². The molecule has 0 aliphatic heterocycles. The largest absolute Gasteiger partial charge is 0.487 e. The Kier molecular flexibility index (Phi) is 8.22. The van der Waals surface area contributed by atoms with Gasteiger partial charge in [0.1, 0.15) is 12.4 Å². The molecule has 156 valence electrons. The summed E-state index contributed by atoms with van der Waals surface area (Å²) in [4.78, 5) is 11.0. The van der Waals surface area contributed by atoms with Crippen LogP contribution in [0.2, 0.25) is 10.0 Å². The number of nitriles is 1. The SMILES string of the molecule is N#C/C(=C/c1cc(I)c(OCc2ccc(Cl)cc2Cl)c(I)c1)c1ccc(C(=O)O)cc1. The number of benzene rings is 3. The molecule has 0 saturated heterocycles. The van der Waals surface area contributed by atoms with Gasteiger partial charge in [0, 0.05) is 15.6 Å². The summed E-state index contributed by atoms with van der Waals surface area (Å²) >= 11 is 16.5. The molecule has 0 fully saturated rings. The zero-order valence-corrected chi connectivity index (χ0v) is 21.5. The Morgan fingerprint density at radius 1 is 1.03 bits per heavy atom. The molecule has 0 heterocycles. The van der Waals surface area contributed by atoms with E-state index < -0.39 is 5.97 Å². The van der Waals surface area contributed by atoms with Crippen LogP contribution in [-0.2, 0) is 6.61 Å². The van der Waals surface area contributed by atoms with Gasteiger partial charge < -0.3 is 9.84 Å². The number of hydrogen-bond donors (Lipinski definition) is 1. The van der Waals surface area contributed by atoms with Crippen LogP contribution in [0.5, 0.6) is 5.75 Å². The summed E-state index contributed by atoms with van der Waals surface area (Å²) in [6, 6.07) is 17.5. The van der Waals surface area contributed by atoms with Crippen molar-refractivity contribution >= 4 is 86.0 Å². The third kappa shape index (κ3) is 6.13. The smallest absolute Gasteiger partial charge is 0.335 e. The molecule has 0 amide bonds. The van der Waals surface area contributed by atoms with Crippen molar-refractivity contribution in [2.45, 2.75) is 6.61 Å². The minimum atomic E-state index is -1.01. The zero-order valence-electron chi connectivity index (χ0n) is 15.7. The molecule has 31 heavy (non-hydrogen) atoms. The van der Waals surface area contributed by atoms with E-state index in [9.17, 15) is 10.1 Å². The average Bonchev–Trinajstić information content (AvgIpc) is 2.72. The summed E-state index contributed by atoms with van der Waals surface area (Å²) in [7, 11) is 0. The minimum Gasteiger partial charge on any atom is -0.487 e. The van der Waals surface area contributed by atoms with Crippen LogP contribution >= 0.6 is 68.4 Å². The van der Waals surface area contributed by atoms with Gasteiger partial charge in [0.15, 0.2) is 0 Å². The van der Waals surface area contributed by atoms with Gasteiger partial charge in [-0.15, -0.1) is 0 Å². The fourth-order valence-corrected chi connectivity index (χ4v) is 5.32. The molecule has 0 atom stereocenters. The number of carbonyl (C=O) groups is 1. The maximum Gasteiger partial charge on any atom is 0.335 e. The number of rotatable bonds is 6. The second-order valence-electron chi connectivity index (χ2n) is 6.39. The van der Waals surface area contributed by atoms with Gasteiger partial charge >= 0.3 is 5.97 Å². The molecule has 0 radical (unpaired) electrons. The maximum absolute atomic E-state index is 11.0. The van der Waals surface area contributed by atoms with Gasteiger partial charge in [-0.1, -0.05) is 41.4 Å². The lowest BCUT2D eigenvalue weighted by atomic mass is 10.0. The van der Waals surface area contributed by atoms with E-state index in [1.165, 1.54) is 12.1 Å². The Bertz CT molecular complexity index is 1200. The zero-order chi connectivity index (χ0) is 22.5. The van der Waals surface area contributed by atoms with E-state index in [-0.39, 0.29) is 5.56 Å². The molecule has 0 unspecified atom stereocenters. The van der Waals surface area contributed by atoms with Gasteiger partial charge in [0.05, 0.1) is 24.3 Å². The van der Waals surface area contributed by atoms with E-state index in [4.69, 9.17) is 33.0 Å². The first-order valence-electron chi connectivity index (χ1n) is 8.80. The molecule has 1 N–H and O–H groups in total. The van der Waals surface area contributed by atoms with Crippen LogP contribution in [0.3, 0.4) is 0 Å². The lowest BCUT2D eigenvalue weighted by Crippen LogP contribution is -2.00. The molecule has 0 aromatic heterocycles. The third-order valence-corrected chi connectivity index (χ3v) is 6.47. The molecule has 0 aliphatic carbocycles. The lowest BCUT2D eigenvalue weighted by Gasteiger charge is -2.13. The van der Waals surface area contributed by atoms with Crippen LogP contribution in [0.25, 0.3) is 11.6 Å². The number of nitrogens with zero attached hydrogens (tertiary/aromatic N) is 1. The van der Waals surface area contributed by atoms with Crippen LogP contribution in [0.15, 0.2) is 54.6 Å². The highest BCUT2D eigenvalue weighted by Gasteiger charge is 2.11. The van der Waals surface area contributed by atoms with Crippen molar-refractivity contribution in [2.75, 3.05) is 0 Å². The van der Waals surface area contributed by atoms with Gasteiger partial charge in [-0.3, -0.25) is 0 Å². The number of ether oxygens (including phenoxy) is 1. The first-order chi connectivity index (χ1) is 14.8. The van der Waals surface area contributed by atoms with Crippen molar-refractivity contribution in [1.29, 1.82) is 5.26 Å². The van der Waals surface area contributed by atoms with Gasteiger partial charge in [0.25, 0.3) is 0 Å². The summed E-state index contributed by atoms with van der Waals surface area (Å²) in [6.07, 6.45) is 1.76. The Morgan fingerprint density at radius 2 is 1.65 bits per heavy atom. The van der Waals surface area contributed by atoms with Gasteiger partial charge in [-0.2, -0.15) is 5.26 Å². The fourth-order valence-electron chi connectivity index (χ4n) is 2.73. The molecular formula is C23H13Cl2I2NO3. The fraction of sp³-hybridized carbons (Fsp3) is 0.0435. The highest BCUT2D eigenvalue weighted by atomic mass is 127. The second-order valence-corrected chi connectivity index (χ2v) is 9.56. The number of carboxylic acids is 1. The predicted molar refractivity (Wildman–Crippen MR) is 140 cm³/mol. The molecular weight excluding hydrogens is 663 g/mol. The number of allylic oxidation sites excluding steroid dienone is 1. The van der Waals surface area contributed by atoms with E-state index in [1.54, 1.807) is 30.3 Å². The van der Waals surface area contributed by atoms with Crippen LogP contribution in [0.4, 0.5) is 0 Å². The van der Waals surface area contributed by atoms with Crippen molar-refractivity contribution in [3.8, 4) is 11.8 Å². The molecule has 0 saturated carbocycles. The number of carboxylic acid groups (broad SMARTS) is 1. The standard InChI is InChI=1S/C23H13Cl2I2NO3/c24-18-6-5-16(19(25)10-18)12-31-22-20(26)8-13(9-21(22)27)7-17(11-28)14-1-3-15(4-2-14)23(29)30/h1-10H,12H2,(H,29,30)/b17-7-. The van der Waals surface area contributed by atoms with Crippen molar-refractivity contribution in [3.05, 3.63) is 94.0 Å². The molecule has 3 aromatic carbocycles. The Balaban J connectivity index is 1.84. The molecule has 0 bridgehead atoms. The van der Waals surface area contributed by atoms with E-state index >= 15 is 0 Å². The van der Waals surface area contributed by atoms with E-state index in [0.29, 0.717) is 27.8 Å². The Labute approximate surface area is 216 Å². The average molecular weight is 676 g/mol. The Morgan fingerprint density at radius 3 is 2.19 bits per heavy atom. The predicted octanol–water partition coefficient (Wildman–Crippen LogP) is 7.54. The van der Waals surface area contributed by atoms with Crippen molar-refractivity contribution in [2.24, 2.45) is 0 Å². The summed E-state index contributed by atoms with van der Waals surface area (Å²) in [5.74, 6) is -0.276. The lowest BCUT2D eigenvalue weighted by molar-refractivity contribution is 0.0697. The first-order valence-corrected chi connectivity index (χ1v) is 11.7. The molecule has 4 nitrogen and oxygen atoms in total. The van der Waals surface area contributed by atoms with Crippen molar-refractivity contribution in [1.82, 2.24) is 0 Å². The van der Waals surface area contributed by atoms with Gasteiger partial charge in [0.2, 0.25) is 0 Å². The normalized spacial score (nSPS) is 11.1. The van der Waals surface area contributed by atoms with Crippen molar-refractivity contribution < 1.29 is 14.6 Å². The van der Waals surface area contributed by atoms with Crippen molar-refractivity contribution in [3.63, 3.8) is 0 Å². The molecule has 0 spiro atoms. The van der Waals surface area contributed by atoms with Crippen LogP contribution in [-0.4, -0.2) is 11.1 Å². The molecule has 0 aliphatic rings. The van der Waals surface area contributed by atoms with Gasteiger partial charge in [-0.25, -0.2) is 4.79 Å². The van der Waals surface area contributed by atoms with Gasteiger partial charge in [-0.05, 0) is 98.8 Å². The number of halogens is 4. The minimum absolute atomic E-state index is 0.174. The number of hydrogen-bond acceptors (Lipinski definition) is 3. The summed E-state index contributed by atoms with van der Waals surface area (Å²) in [5.41, 5.74) is 2.93. The third-order valence-electron chi connectivity index (χ3n) is 4.28. The van der Waals surface area contributed by atoms with Crippen LogP contribution in [0, 0.1) is 18.5 Å². The second kappa shape index (κ2) is 10.7. The van der Waals surface area contributed by atoms with Crippen LogP contribution < -0.4 is 4.74 Å². The monoisotopic (exact) mass is 675 g/mol. The quantitative estimate of drug-likeness (QED) is 0.167. The van der Waals surface area contributed by atoms with E-state index in [0.717, 1.165) is 24.0 Å². The molecule has 3 aromatic rings. The summed E-state index contributed by atoms with van der Waals surface area (Å²) < 4.78 is 7.77. The Hall–Kier alpha value is -1.80. The summed E-state index contributed by atoms with van der Waals surface area (Å²) in [6.45, 7) is 0.302. The number of aromatic carboxylic acids is 1. The molecule has 3 rings (SSSR count). The summed E-state index contributed by atoms with van der Waals surface area (Å²) in [5, 5.41) is 19.7. The highest BCUT2D eigenvalue weighted by Crippen LogP contribution is 2.32. The topological polar surface area (TPSA) is 70.3 Å². The maximum atomic E-state index is 11.0. The first kappa shape index (κ1) is 23.9.